The molecule has 0 aliphatic rings. The second-order valence-electron chi connectivity index (χ2n) is 15.6. The van der Waals surface area contributed by atoms with Crippen LogP contribution in [-0.2, 0) is 28.6 Å². The van der Waals surface area contributed by atoms with Gasteiger partial charge in [0.25, 0.3) is 0 Å². The van der Waals surface area contributed by atoms with Crippen molar-refractivity contribution in [3.8, 4) is 0 Å². The molecule has 0 aromatic heterocycles. The number of hydrogen-bond donors (Lipinski definition) is 0. The third-order valence-electron chi connectivity index (χ3n) is 9.74. The summed E-state index contributed by atoms with van der Waals surface area (Å²) in [7, 11) is 0. The fraction of sp³-hybridized carbons (Fsp3) is 0.618. The summed E-state index contributed by atoms with van der Waals surface area (Å²) in [5.74, 6) is -1.01. The van der Waals surface area contributed by atoms with Crippen LogP contribution in [0.15, 0.2) is 109 Å². The maximum absolute atomic E-state index is 12.8. The molecular weight excluding hydrogens is 757 g/mol. The molecule has 0 spiro atoms. The molecule has 0 aromatic carbocycles. The highest BCUT2D eigenvalue weighted by Crippen LogP contribution is 2.12. The summed E-state index contributed by atoms with van der Waals surface area (Å²) in [6, 6.07) is 0. The lowest BCUT2D eigenvalue weighted by Crippen LogP contribution is -2.30. The molecule has 0 aliphatic carbocycles. The molecule has 0 saturated heterocycles. The van der Waals surface area contributed by atoms with Crippen LogP contribution < -0.4 is 0 Å². The smallest absolute Gasteiger partial charge is 0.306 e. The van der Waals surface area contributed by atoms with Crippen LogP contribution in [0.4, 0.5) is 0 Å². The highest BCUT2D eigenvalue weighted by Gasteiger charge is 2.19. The molecule has 1 atom stereocenters. The van der Waals surface area contributed by atoms with Gasteiger partial charge in [0.2, 0.25) is 0 Å². The minimum atomic E-state index is -0.813. The zero-order valence-electron chi connectivity index (χ0n) is 39.1. The van der Waals surface area contributed by atoms with Gasteiger partial charge in [-0.25, -0.2) is 0 Å². The lowest BCUT2D eigenvalue weighted by molar-refractivity contribution is -0.167. The van der Waals surface area contributed by atoms with Crippen molar-refractivity contribution in [2.24, 2.45) is 0 Å². The summed E-state index contributed by atoms with van der Waals surface area (Å²) >= 11 is 0. The van der Waals surface area contributed by atoms with E-state index in [-0.39, 0.29) is 37.5 Å². The summed E-state index contributed by atoms with van der Waals surface area (Å²) in [5, 5.41) is 0. The summed E-state index contributed by atoms with van der Waals surface area (Å²) in [4.78, 5) is 37.8. The van der Waals surface area contributed by atoms with Crippen LogP contribution in [0.2, 0.25) is 0 Å². The standard InChI is InChI=1S/C55H88O6/c1-4-7-10-13-16-19-22-24-26-28-30-31-33-36-39-42-45-48-54(57)60-51-52(50-59-53(56)47-44-41-38-35-21-18-15-12-9-6-3)61-55(58)49-46-43-40-37-34-32-29-27-25-23-20-17-14-11-8-5-2/h7-8,10-11,15-20,24-27,30-31,36,39,52H,4-6,9,12-14,21-23,28-29,32-35,37-38,40-51H2,1-3H3/b10-7-,11-8-,18-15-,19-16-,20-17-,26-24-,27-25-,31-30-,39-36-. The number of hydrogen-bond acceptors (Lipinski definition) is 6. The number of ether oxygens (including phenoxy) is 3. The molecule has 0 aliphatic heterocycles. The second-order valence-corrected chi connectivity index (χ2v) is 15.6. The van der Waals surface area contributed by atoms with Gasteiger partial charge in [0.15, 0.2) is 6.10 Å². The molecular formula is C55H88O6. The number of carbonyl (C=O) groups is 3. The molecule has 61 heavy (non-hydrogen) atoms. The Hall–Kier alpha value is -3.93. The summed E-state index contributed by atoms with van der Waals surface area (Å²) < 4.78 is 16.7. The molecule has 344 valence electrons. The highest BCUT2D eigenvalue weighted by atomic mass is 16.6. The summed E-state index contributed by atoms with van der Waals surface area (Å²) in [6.45, 7) is 6.27. The van der Waals surface area contributed by atoms with Crippen LogP contribution in [0, 0.1) is 0 Å². The third kappa shape index (κ3) is 47.0. The maximum atomic E-state index is 12.8. The zero-order chi connectivity index (χ0) is 44.4. The molecule has 0 radical (unpaired) electrons. The van der Waals surface area contributed by atoms with Gasteiger partial charge < -0.3 is 14.2 Å². The summed E-state index contributed by atoms with van der Waals surface area (Å²) in [5.41, 5.74) is 0. The maximum Gasteiger partial charge on any atom is 0.306 e. The number of rotatable bonds is 42. The Bertz CT molecular complexity index is 1290. The Morgan fingerprint density at radius 1 is 0.344 bits per heavy atom. The normalized spacial score (nSPS) is 13.0. The van der Waals surface area contributed by atoms with E-state index in [2.05, 4.69) is 130 Å². The molecule has 1 unspecified atom stereocenters. The quantitative estimate of drug-likeness (QED) is 0.0264. The molecule has 6 heteroatoms. The van der Waals surface area contributed by atoms with Gasteiger partial charge >= 0.3 is 17.9 Å². The van der Waals surface area contributed by atoms with Crippen LogP contribution in [0.1, 0.15) is 201 Å². The molecule has 6 nitrogen and oxygen atoms in total. The Morgan fingerprint density at radius 2 is 0.656 bits per heavy atom. The van der Waals surface area contributed by atoms with Crippen molar-refractivity contribution in [1.29, 1.82) is 0 Å². The summed E-state index contributed by atoms with van der Waals surface area (Å²) in [6.07, 6.45) is 65.1. The molecule has 0 N–H and O–H groups in total. The van der Waals surface area contributed by atoms with Crippen molar-refractivity contribution in [2.75, 3.05) is 13.2 Å². The van der Waals surface area contributed by atoms with Gasteiger partial charge in [-0.05, 0) is 109 Å². The largest absolute Gasteiger partial charge is 0.462 e. The van der Waals surface area contributed by atoms with Crippen molar-refractivity contribution in [2.45, 2.75) is 207 Å². The van der Waals surface area contributed by atoms with Gasteiger partial charge in [0, 0.05) is 19.3 Å². The van der Waals surface area contributed by atoms with Crippen molar-refractivity contribution in [3.05, 3.63) is 109 Å². The Labute approximate surface area is 374 Å². The average Bonchev–Trinajstić information content (AvgIpc) is 3.26. The van der Waals surface area contributed by atoms with E-state index in [1.165, 1.54) is 25.7 Å². The SMILES string of the molecule is CC/C=C\C/C=C\C/C=C\C/C=C\C/C=C\CCCC(=O)OCC(COC(=O)CCCCCC/C=C\CCCC)OC(=O)CCCCCCCC/C=C\C/C=C\C/C=C\CC. The van der Waals surface area contributed by atoms with E-state index < -0.39 is 6.10 Å². The van der Waals surface area contributed by atoms with E-state index in [4.69, 9.17) is 14.2 Å². The lowest BCUT2D eigenvalue weighted by Gasteiger charge is -2.18. The van der Waals surface area contributed by atoms with E-state index in [0.29, 0.717) is 19.3 Å². The predicted molar refractivity (Wildman–Crippen MR) is 260 cm³/mol. The fourth-order valence-electron chi connectivity index (χ4n) is 6.12. The van der Waals surface area contributed by atoms with Crippen LogP contribution >= 0.6 is 0 Å². The van der Waals surface area contributed by atoms with Crippen molar-refractivity contribution >= 4 is 17.9 Å². The fourth-order valence-corrected chi connectivity index (χ4v) is 6.12. The Balaban J connectivity index is 4.51. The van der Waals surface area contributed by atoms with E-state index in [9.17, 15) is 14.4 Å². The number of carbonyl (C=O) groups excluding carboxylic acids is 3. The van der Waals surface area contributed by atoms with E-state index in [1.54, 1.807) is 0 Å². The Morgan fingerprint density at radius 3 is 1.08 bits per heavy atom. The first kappa shape index (κ1) is 57.1. The van der Waals surface area contributed by atoms with Crippen molar-refractivity contribution < 1.29 is 28.6 Å². The Kier molecular flexibility index (Phi) is 45.6. The van der Waals surface area contributed by atoms with E-state index >= 15 is 0 Å². The van der Waals surface area contributed by atoms with Gasteiger partial charge in [-0.1, -0.05) is 182 Å². The van der Waals surface area contributed by atoms with Crippen molar-refractivity contribution in [3.63, 3.8) is 0 Å². The molecule has 0 aromatic rings. The topological polar surface area (TPSA) is 78.9 Å². The van der Waals surface area contributed by atoms with Gasteiger partial charge in [0.1, 0.15) is 13.2 Å². The van der Waals surface area contributed by atoms with Crippen LogP contribution in [0.3, 0.4) is 0 Å². The average molecular weight is 845 g/mol. The number of esters is 3. The molecule has 0 amide bonds. The lowest BCUT2D eigenvalue weighted by atomic mass is 10.1. The third-order valence-corrected chi connectivity index (χ3v) is 9.74. The highest BCUT2D eigenvalue weighted by molar-refractivity contribution is 5.71. The zero-order valence-corrected chi connectivity index (χ0v) is 39.1. The predicted octanol–water partition coefficient (Wildman–Crippen LogP) is 16.0. The van der Waals surface area contributed by atoms with E-state index in [1.807, 2.05) is 0 Å². The number of unbranched alkanes of at least 4 members (excludes halogenated alkanes) is 13. The monoisotopic (exact) mass is 845 g/mol. The van der Waals surface area contributed by atoms with Gasteiger partial charge in [-0.15, -0.1) is 0 Å². The van der Waals surface area contributed by atoms with Crippen LogP contribution in [-0.4, -0.2) is 37.2 Å². The first-order valence-corrected chi connectivity index (χ1v) is 24.4. The van der Waals surface area contributed by atoms with Crippen LogP contribution in [0.25, 0.3) is 0 Å². The molecule has 0 bridgehead atoms. The van der Waals surface area contributed by atoms with Crippen molar-refractivity contribution in [1.82, 2.24) is 0 Å². The molecule has 0 rings (SSSR count). The molecule has 0 saturated carbocycles. The van der Waals surface area contributed by atoms with Gasteiger partial charge in [-0.2, -0.15) is 0 Å². The van der Waals surface area contributed by atoms with Crippen LogP contribution in [0.5, 0.6) is 0 Å². The minimum Gasteiger partial charge on any atom is -0.462 e. The molecule has 0 fully saturated rings. The molecule has 0 heterocycles. The number of allylic oxidation sites excluding steroid dienone is 18. The van der Waals surface area contributed by atoms with E-state index in [0.717, 1.165) is 128 Å². The second kappa shape index (κ2) is 48.7. The first-order chi connectivity index (χ1) is 30.0. The van der Waals surface area contributed by atoms with Gasteiger partial charge in [0.05, 0.1) is 0 Å². The first-order valence-electron chi connectivity index (χ1n) is 24.4. The minimum absolute atomic E-state index is 0.110. The van der Waals surface area contributed by atoms with Gasteiger partial charge in [-0.3, -0.25) is 14.4 Å².